The number of halogens is 2. The monoisotopic (exact) mass is 559 g/mol. The summed E-state index contributed by atoms with van der Waals surface area (Å²) in [6.45, 7) is 8.10. The van der Waals surface area contributed by atoms with Gasteiger partial charge in [-0.25, -0.2) is 23.5 Å². The molecule has 2 saturated heterocycles. The molecule has 4 heterocycles. The van der Waals surface area contributed by atoms with Crippen LogP contribution in [0.1, 0.15) is 58.4 Å². The van der Waals surface area contributed by atoms with E-state index < -0.39 is 29.1 Å². The third-order valence-corrected chi connectivity index (χ3v) is 7.14. The first-order valence-corrected chi connectivity index (χ1v) is 13.9. The van der Waals surface area contributed by atoms with Crippen molar-refractivity contribution in [2.24, 2.45) is 0 Å². The molecule has 9 nitrogen and oxygen atoms in total. The summed E-state index contributed by atoms with van der Waals surface area (Å²) in [6.07, 6.45) is 5.25. The minimum Gasteiger partial charge on any atom is -0.474 e. The number of aromatic nitrogens is 2. The second-order valence-corrected chi connectivity index (χ2v) is 11.5. The molecule has 0 atom stereocenters. The van der Waals surface area contributed by atoms with Crippen LogP contribution in [0.2, 0.25) is 0 Å². The van der Waals surface area contributed by atoms with Gasteiger partial charge in [-0.15, -0.1) is 0 Å². The first kappa shape index (κ1) is 29.6. The van der Waals surface area contributed by atoms with Gasteiger partial charge >= 0.3 is 6.09 Å². The van der Waals surface area contributed by atoms with Crippen LogP contribution in [-0.4, -0.2) is 81.9 Å². The van der Waals surface area contributed by atoms with E-state index in [9.17, 15) is 14.0 Å². The van der Waals surface area contributed by atoms with Crippen molar-refractivity contribution in [2.75, 3.05) is 38.0 Å². The van der Waals surface area contributed by atoms with Crippen LogP contribution in [-0.2, 0) is 16.0 Å². The second-order valence-electron chi connectivity index (χ2n) is 11.5. The molecular weight excluding hydrogens is 520 g/mol. The molecule has 11 heteroatoms. The standard InChI is InChI=1S/C29H39F2N5O4/c1-28(2,3)40-27(38)34-24-19-21(8-13-32-24)5-4-14-35-17-11-29(31,12-18-35)26(37)36-15-9-23(10-16-36)39-25-7-6-22(30)20-33-25/h6-8,13,19-20,23H,4-5,9-12,14-18H2,1-3H3,(H,32,34,38). The maximum Gasteiger partial charge on any atom is 0.413 e. The Balaban J connectivity index is 1.16. The first-order valence-electron chi connectivity index (χ1n) is 13.9. The van der Waals surface area contributed by atoms with Crippen molar-refractivity contribution in [3.63, 3.8) is 0 Å². The third-order valence-electron chi connectivity index (χ3n) is 7.14. The van der Waals surface area contributed by atoms with Crippen molar-refractivity contribution in [2.45, 2.75) is 76.7 Å². The average Bonchev–Trinajstić information content (AvgIpc) is 2.90. The second kappa shape index (κ2) is 12.9. The minimum atomic E-state index is -1.84. The van der Waals surface area contributed by atoms with E-state index in [1.165, 1.54) is 12.1 Å². The Labute approximate surface area is 234 Å². The van der Waals surface area contributed by atoms with Crippen molar-refractivity contribution in [1.29, 1.82) is 0 Å². The molecule has 0 spiro atoms. The van der Waals surface area contributed by atoms with Gasteiger partial charge in [-0.3, -0.25) is 10.1 Å². The number of hydrogen-bond donors (Lipinski definition) is 1. The molecule has 2 aliphatic heterocycles. The Morgan fingerprint density at radius 2 is 1.82 bits per heavy atom. The maximum absolute atomic E-state index is 15.7. The molecule has 0 aliphatic carbocycles. The number of anilines is 1. The number of aryl methyl sites for hydroxylation is 1. The highest BCUT2D eigenvalue weighted by Crippen LogP contribution is 2.31. The van der Waals surface area contributed by atoms with Gasteiger partial charge in [0, 0.05) is 64.1 Å². The van der Waals surface area contributed by atoms with E-state index in [0.717, 1.165) is 31.1 Å². The summed E-state index contributed by atoms with van der Waals surface area (Å²) in [5.74, 6) is -0.0630. The normalized spacial score (nSPS) is 18.3. The molecule has 0 unspecified atom stereocenters. The summed E-state index contributed by atoms with van der Waals surface area (Å²) in [7, 11) is 0. The molecule has 1 N–H and O–H groups in total. The molecule has 2 amide bonds. The highest BCUT2D eigenvalue weighted by molar-refractivity contribution is 5.85. The largest absolute Gasteiger partial charge is 0.474 e. The number of pyridine rings is 2. The van der Waals surface area contributed by atoms with Gasteiger partial charge in [-0.1, -0.05) is 0 Å². The van der Waals surface area contributed by atoms with Crippen molar-refractivity contribution < 1.29 is 27.8 Å². The van der Waals surface area contributed by atoms with E-state index in [4.69, 9.17) is 9.47 Å². The van der Waals surface area contributed by atoms with E-state index in [0.29, 0.717) is 50.7 Å². The number of piperidine rings is 2. The zero-order valence-corrected chi connectivity index (χ0v) is 23.5. The first-order chi connectivity index (χ1) is 19.0. The number of carbonyl (C=O) groups is 2. The average molecular weight is 560 g/mol. The number of nitrogens with zero attached hydrogens (tertiary/aromatic N) is 4. The maximum atomic E-state index is 15.7. The number of carbonyl (C=O) groups excluding carboxylic acids is 2. The predicted molar refractivity (Wildman–Crippen MR) is 146 cm³/mol. The van der Waals surface area contributed by atoms with Gasteiger partial charge in [0.05, 0.1) is 6.20 Å². The molecule has 0 aromatic carbocycles. The number of nitrogens with one attached hydrogen (secondary N) is 1. The van der Waals surface area contributed by atoms with Gasteiger partial charge in [0.1, 0.15) is 23.3 Å². The lowest BCUT2D eigenvalue weighted by Gasteiger charge is -2.40. The van der Waals surface area contributed by atoms with Gasteiger partial charge in [-0.2, -0.15) is 0 Å². The molecule has 2 aromatic heterocycles. The highest BCUT2D eigenvalue weighted by Gasteiger charge is 2.44. The fourth-order valence-electron chi connectivity index (χ4n) is 5.02. The van der Waals surface area contributed by atoms with Crippen molar-refractivity contribution >= 4 is 17.8 Å². The van der Waals surface area contributed by atoms with Gasteiger partial charge in [0.25, 0.3) is 5.91 Å². The minimum absolute atomic E-state index is 0.135. The van der Waals surface area contributed by atoms with Gasteiger partial charge in [-0.05, 0) is 63.9 Å². The van der Waals surface area contributed by atoms with Crippen LogP contribution in [0, 0.1) is 5.82 Å². The van der Waals surface area contributed by atoms with Crippen LogP contribution in [0.25, 0.3) is 0 Å². The van der Waals surface area contributed by atoms with Crippen molar-refractivity contribution in [1.82, 2.24) is 19.8 Å². The lowest BCUT2D eigenvalue weighted by molar-refractivity contribution is -0.149. The molecule has 218 valence electrons. The number of hydrogen-bond acceptors (Lipinski definition) is 7. The van der Waals surface area contributed by atoms with E-state index in [1.807, 2.05) is 12.1 Å². The van der Waals surface area contributed by atoms with E-state index in [-0.39, 0.29) is 18.9 Å². The molecule has 0 bridgehead atoms. The fourth-order valence-corrected chi connectivity index (χ4v) is 5.02. The Kier molecular flexibility index (Phi) is 9.55. The van der Waals surface area contributed by atoms with Crippen molar-refractivity contribution in [3.05, 3.63) is 48.0 Å². The molecule has 2 aliphatic rings. The Hall–Kier alpha value is -3.34. The topological polar surface area (TPSA) is 96.9 Å². The van der Waals surface area contributed by atoms with Crippen molar-refractivity contribution in [3.8, 4) is 5.88 Å². The number of amides is 2. The number of ether oxygens (including phenoxy) is 2. The molecule has 0 saturated carbocycles. The number of rotatable bonds is 8. The molecule has 40 heavy (non-hydrogen) atoms. The van der Waals surface area contributed by atoms with Crippen LogP contribution >= 0.6 is 0 Å². The molecular formula is C29H39F2N5O4. The number of likely N-dealkylation sites (tertiary alicyclic amines) is 2. The van der Waals surface area contributed by atoms with Crippen LogP contribution in [0.5, 0.6) is 5.88 Å². The fraction of sp³-hybridized carbons (Fsp3) is 0.586. The zero-order chi connectivity index (χ0) is 28.8. The van der Waals surface area contributed by atoms with Gasteiger partial charge in [0.2, 0.25) is 5.88 Å². The summed E-state index contributed by atoms with van der Waals surface area (Å²) in [5, 5.41) is 2.66. The lowest BCUT2D eigenvalue weighted by Crippen LogP contribution is -2.54. The summed E-state index contributed by atoms with van der Waals surface area (Å²) >= 11 is 0. The molecule has 2 fully saturated rings. The van der Waals surface area contributed by atoms with Crippen LogP contribution in [0.4, 0.5) is 19.4 Å². The van der Waals surface area contributed by atoms with E-state index >= 15 is 4.39 Å². The lowest BCUT2D eigenvalue weighted by atomic mass is 9.90. The summed E-state index contributed by atoms with van der Waals surface area (Å²) < 4.78 is 39.8. The zero-order valence-electron chi connectivity index (χ0n) is 23.5. The molecule has 2 aromatic rings. The highest BCUT2D eigenvalue weighted by atomic mass is 19.1. The molecule has 0 radical (unpaired) electrons. The van der Waals surface area contributed by atoms with E-state index in [2.05, 4.69) is 20.2 Å². The van der Waals surface area contributed by atoms with E-state index in [1.54, 1.807) is 31.9 Å². The van der Waals surface area contributed by atoms with Crippen LogP contribution < -0.4 is 10.1 Å². The summed E-state index contributed by atoms with van der Waals surface area (Å²) in [4.78, 5) is 37.0. The summed E-state index contributed by atoms with van der Waals surface area (Å²) in [5.41, 5.74) is -1.39. The Morgan fingerprint density at radius 1 is 1.10 bits per heavy atom. The van der Waals surface area contributed by atoms with Gasteiger partial charge < -0.3 is 19.3 Å². The number of alkyl halides is 1. The quantitative estimate of drug-likeness (QED) is 0.498. The van der Waals surface area contributed by atoms with Crippen LogP contribution in [0.3, 0.4) is 0 Å². The SMILES string of the molecule is CC(C)(C)OC(=O)Nc1cc(CCCN2CCC(F)(C(=O)N3CCC(Oc4ccc(F)cn4)CC3)CC2)ccn1. The molecule has 4 rings (SSSR count). The summed E-state index contributed by atoms with van der Waals surface area (Å²) in [6, 6.07) is 6.51. The smallest absolute Gasteiger partial charge is 0.413 e. The predicted octanol–water partition coefficient (Wildman–Crippen LogP) is 4.77. The third kappa shape index (κ3) is 8.58. The Morgan fingerprint density at radius 3 is 2.48 bits per heavy atom. The van der Waals surface area contributed by atoms with Crippen LogP contribution in [0.15, 0.2) is 36.7 Å². The van der Waals surface area contributed by atoms with Gasteiger partial charge in [0.15, 0.2) is 5.67 Å². The Bertz CT molecular complexity index is 1140.